The van der Waals surface area contributed by atoms with Crippen LogP contribution >= 0.6 is 0 Å². The van der Waals surface area contributed by atoms with Gasteiger partial charge < -0.3 is 9.72 Å². The van der Waals surface area contributed by atoms with E-state index < -0.39 is 0 Å². The van der Waals surface area contributed by atoms with E-state index in [2.05, 4.69) is 9.97 Å². The van der Waals surface area contributed by atoms with Gasteiger partial charge in [-0.05, 0) is 30.7 Å². The monoisotopic (exact) mass is 216 g/mol. The van der Waals surface area contributed by atoms with E-state index in [-0.39, 0.29) is 0 Å². The maximum atomic E-state index is 10.5. The van der Waals surface area contributed by atoms with Gasteiger partial charge in [-0.1, -0.05) is 0 Å². The van der Waals surface area contributed by atoms with Crippen LogP contribution in [0.4, 0.5) is 0 Å². The number of benzene rings is 1. The van der Waals surface area contributed by atoms with E-state index in [0.717, 1.165) is 23.2 Å². The minimum Gasteiger partial charge on any atom is -0.496 e. The highest BCUT2D eigenvalue weighted by atomic mass is 16.5. The van der Waals surface area contributed by atoms with E-state index in [9.17, 15) is 4.79 Å². The number of carbonyl (C=O) groups excluding carboxylic acids is 1. The van der Waals surface area contributed by atoms with Crippen molar-refractivity contribution >= 4 is 6.29 Å². The van der Waals surface area contributed by atoms with Gasteiger partial charge in [-0.3, -0.25) is 4.79 Å². The van der Waals surface area contributed by atoms with Crippen molar-refractivity contribution in [2.75, 3.05) is 7.11 Å². The molecule has 82 valence electrons. The molecule has 1 aromatic heterocycles. The van der Waals surface area contributed by atoms with E-state index >= 15 is 0 Å². The van der Waals surface area contributed by atoms with Gasteiger partial charge in [-0.25, -0.2) is 4.98 Å². The van der Waals surface area contributed by atoms with Crippen molar-refractivity contribution in [3.05, 3.63) is 35.7 Å². The van der Waals surface area contributed by atoms with E-state index in [1.54, 1.807) is 7.11 Å². The van der Waals surface area contributed by atoms with Crippen LogP contribution in [0.25, 0.3) is 11.4 Å². The predicted octanol–water partition coefficient (Wildman–Crippen LogP) is 2.21. The standard InChI is InChI=1S/C12H12N2O2/c1-8-5-9(3-4-11(8)16-2)12-13-6-10(7-15)14-12/h3-7H,1-2H3,(H,13,14). The van der Waals surface area contributed by atoms with Gasteiger partial charge in [0, 0.05) is 5.56 Å². The third kappa shape index (κ3) is 1.82. The van der Waals surface area contributed by atoms with Crippen molar-refractivity contribution in [3.8, 4) is 17.1 Å². The number of imidazole rings is 1. The molecule has 0 radical (unpaired) electrons. The van der Waals surface area contributed by atoms with E-state index in [4.69, 9.17) is 4.74 Å². The van der Waals surface area contributed by atoms with Gasteiger partial charge in [0.2, 0.25) is 0 Å². The summed E-state index contributed by atoms with van der Waals surface area (Å²) in [5, 5.41) is 0. The van der Waals surface area contributed by atoms with Crippen LogP contribution < -0.4 is 4.74 Å². The normalized spacial score (nSPS) is 10.1. The van der Waals surface area contributed by atoms with E-state index in [0.29, 0.717) is 11.5 Å². The Morgan fingerprint density at radius 1 is 1.44 bits per heavy atom. The number of aryl methyl sites for hydroxylation is 1. The largest absolute Gasteiger partial charge is 0.496 e. The Morgan fingerprint density at radius 2 is 2.25 bits per heavy atom. The van der Waals surface area contributed by atoms with Crippen LogP contribution in [0, 0.1) is 6.92 Å². The molecule has 0 aliphatic carbocycles. The van der Waals surface area contributed by atoms with Crippen LogP contribution in [-0.4, -0.2) is 23.4 Å². The minimum absolute atomic E-state index is 0.475. The summed E-state index contributed by atoms with van der Waals surface area (Å²) in [7, 11) is 1.64. The number of aldehydes is 1. The Kier molecular flexibility index (Phi) is 2.72. The zero-order valence-corrected chi connectivity index (χ0v) is 9.15. The molecular weight excluding hydrogens is 204 g/mol. The van der Waals surface area contributed by atoms with Crippen molar-refractivity contribution in [3.63, 3.8) is 0 Å². The lowest BCUT2D eigenvalue weighted by molar-refractivity contribution is 0.111. The number of aromatic nitrogens is 2. The van der Waals surface area contributed by atoms with Crippen molar-refractivity contribution in [2.24, 2.45) is 0 Å². The van der Waals surface area contributed by atoms with Crippen LogP contribution in [0.1, 0.15) is 16.1 Å². The third-order valence-corrected chi connectivity index (χ3v) is 2.39. The molecule has 0 amide bonds. The van der Waals surface area contributed by atoms with Gasteiger partial charge in [0.25, 0.3) is 0 Å². The predicted molar refractivity (Wildman–Crippen MR) is 60.7 cm³/mol. The summed E-state index contributed by atoms with van der Waals surface area (Å²) >= 11 is 0. The second kappa shape index (κ2) is 4.18. The Bertz CT molecular complexity index is 517. The second-order valence-corrected chi connectivity index (χ2v) is 3.49. The lowest BCUT2D eigenvalue weighted by Crippen LogP contribution is -1.88. The summed E-state index contributed by atoms with van der Waals surface area (Å²) < 4.78 is 5.18. The molecule has 1 N–H and O–H groups in total. The number of aromatic amines is 1. The first-order valence-electron chi connectivity index (χ1n) is 4.90. The molecule has 4 heteroatoms. The minimum atomic E-state index is 0.475. The Balaban J connectivity index is 2.40. The molecule has 0 unspecified atom stereocenters. The van der Waals surface area contributed by atoms with Crippen LogP contribution in [-0.2, 0) is 0 Å². The molecule has 4 nitrogen and oxygen atoms in total. The highest BCUT2D eigenvalue weighted by molar-refractivity contribution is 5.73. The van der Waals surface area contributed by atoms with Gasteiger partial charge in [0.1, 0.15) is 11.6 Å². The van der Waals surface area contributed by atoms with Gasteiger partial charge in [0.05, 0.1) is 19.0 Å². The molecular formula is C12H12N2O2. The van der Waals surface area contributed by atoms with Crippen molar-refractivity contribution in [1.82, 2.24) is 9.97 Å². The summed E-state index contributed by atoms with van der Waals surface area (Å²) in [5.41, 5.74) is 2.44. The van der Waals surface area contributed by atoms with Crippen molar-refractivity contribution < 1.29 is 9.53 Å². The first-order chi connectivity index (χ1) is 7.74. The zero-order valence-electron chi connectivity index (χ0n) is 9.15. The lowest BCUT2D eigenvalue weighted by atomic mass is 10.1. The average molecular weight is 216 g/mol. The van der Waals surface area contributed by atoms with Crippen molar-refractivity contribution in [1.29, 1.82) is 0 Å². The molecule has 0 aliphatic heterocycles. The number of rotatable bonds is 3. The number of hydrogen-bond acceptors (Lipinski definition) is 3. The third-order valence-electron chi connectivity index (χ3n) is 2.39. The van der Waals surface area contributed by atoms with E-state index in [1.165, 1.54) is 6.20 Å². The summed E-state index contributed by atoms with van der Waals surface area (Å²) in [6, 6.07) is 5.75. The first-order valence-corrected chi connectivity index (χ1v) is 4.90. The number of H-pyrrole nitrogens is 1. The first kappa shape index (κ1) is 10.4. The summed E-state index contributed by atoms with van der Waals surface area (Å²) in [5.74, 6) is 1.53. The fourth-order valence-electron chi connectivity index (χ4n) is 1.57. The number of ether oxygens (including phenoxy) is 1. The smallest absolute Gasteiger partial charge is 0.167 e. The van der Waals surface area contributed by atoms with Gasteiger partial charge in [0.15, 0.2) is 6.29 Å². The molecule has 2 aromatic rings. The van der Waals surface area contributed by atoms with Crippen LogP contribution in [0.2, 0.25) is 0 Å². The summed E-state index contributed by atoms with van der Waals surface area (Å²) in [6.07, 6.45) is 2.26. The molecule has 16 heavy (non-hydrogen) atoms. The van der Waals surface area contributed by atoms with Gasteiger partial charge in [-0.15, -0.1) is 0 Å². The van der Waals surface area contributed by atoms with Crippen LogP contribution in [0.5, 0.6) is 5.75 Å². The molecule has 0 bridgehead atoms. The van der Waals surface area contributed by atoms with Gasteiger partial charge in [-0.2, -0.15) is 0 Å². The molecule has 1 aromatic carbocycles. The Morgan fingerprint density at radius 3 is 2.81 bits per heavy atom. The second-order valence-electron chi connectivity index (χ2n) is 3.49. The van der Waals surface area contributed by atoms with Gasteiger partial charge >= 0.3 is 0 Å². The number of nitrogens with one attached hydrogen (secondary N) is 1. The maximum absolute atomic E-state index is 10.5. The summed E-state index contributed by atoms with van der Waals surface area (Å²) in [4.78, 5) is 17.6. The zero-order chi connectivity index (χ0) is 11.5. The molecule has 0 saturated heterocycles. The molecule has 2 rings (SSSR count). The maximum Gasteiger partial charge on any atom is 0.167 e. The topological polar surface area (TPSA) is 55.0 Å². The fraction of sp³-hybridized carbons (Fsp3) is 0.167. The SMILES string of the molecule is COc1ccc(-c2ncc(C=O)[nH]2)cc1C. The average Bonchev–Trinajstić information content (AvgIpc) is 2.77. The number of carbonyl (C=O) groups is 1. The van der Waals surface area contributed by atoms with Crippen molar-refractivity contribution in [2.45, 2.75) is 6.92 Å². The molecule has 0 saturated carbocycles. The number of nitrogens with zero attached hydrogens (tertiary/aromatic N) is 1. The lowest BCUT2D eigenvalue weighted by Gasteiger charge is -2.05. The van der Waals surface area contributed by atoms with Crippen LogP contribution in [0.3, 0.4) is 0 Å². The highest BCUT2D eigenvalue weighted by Crippen LogP contribution is 2.23. The molecule has 1 heterocycles. The number of methoxy groups -OCH3 is 1. The molecule has 0 aliphatic rings. The Labute approximate surface area is 93.3 Å². The quantitative estimate of drug-likeness (QED) is 0.800. The summed E-state index contributed by atoms with van der Waals surface area (Å²) in [6.45, 7) is 1.96. The van der Waals surface area contributed by atoms with Crippen LogP contribution in [0.15, 0.2) is 24.4 Å². The molecule has 0 fully saturated rings. The fourth-order valence-corrected chi connectivity index (χ4v) is 1.57. The Hall–Kier alpha value is -2.10. The molecule has 0 spiro atoms. The highest BCUT2D eigenvalue weighted by Gasteiger charge is 2.05. The number of hydrogen-bond donors (Lipinski definition) is 1. The molecule has 0 atom stereocenters. The van der Waals surface area contributed by atoms with E-state index in [1.807, 2.05) is 25.1 Å².